The first-order valence-corrected chi connectivity index (χ1v) is 6.53. The topological polar surface area (TPSA) is 41.5 Å². The molecular formula is C12H15BrF3NO2. The third kappa shape index (κ3) is 5.80. The third-order valence-electron chi connectivity index (χ3n) is 2.30. The van der Waals surface area contributed by atoms with Gasteiger partial charge in [-0.05, 0) is 24.6 Å². The summed E-state index contributed by atoms with van der Waals surface area (Å²) in [4.78, 5) is 0. The van der Waals surface area contributed by atoms with Gasteiger partial charge in [0.2, 0.25) is 0 Å². The molecule has 0 saturated carbocycles. The summed E-state index contributed by atoms with van der Waals surface area (Å²) in [5, 5.41) is 11.2. The van der Waals surface area contributed by atoms with E-state index in [1.165, 1.54) is 12.1 Å². The first-order chi connectivity index (χ1) is 8.95. The van der Waals surface area contributed by atoms with Gasteiger partial charge in [-0.15, -0.1) is 0 Å². The summed E-state index contributed by atoms with van der Waals surface area (Å²) in [6.45, 7) is 0.940. The van der Waals surface area contributed by atoms with Crippen molar-refractivity contribution >= 4 is 21.6 Å². The van der Waals surface area contributed by atoms with Crippen molar-refractivity contribution in [1.29, 1.82) is 0 Å². The number of hydrogen-bond donors (Lipinski definition) is 2. The van der Waals surface area contributed by atoms with Crippen molar-refractivity contribution in [3.8, 4) is 0 Å². The van der Waals surface area contributed by atoms with Gasteiger partial charge in [0.15, 0.2) is 0 Å². The van der Waals surface area contributed by atoms with Gasteiger partial charge in [0.05, 0.1) is 18.8 Å². The Balaban J connectivity index is 2.54. The van der Waals surface area contributed by atoms with Gasteiger partial charge in [-0.3, -0.25) is 0 Å². The highest BCUT2D eigenvalue weighted by Crippen LogP contribution is 2.36. The third-order valence-corrected chi connectivity index (χ3v) is 2.80. The van der Waals surface area contributed by atoms with Gasteiger partial charge in [0.25, 0.3) is 0 Å². The zero-order chi connectivity index (χ0) is 14.3. The number of benzene rings is 1. The summed E-state index contributed by atoms with van der Waals surface area (Å²) in [5.41, 5.74) is -0.643. The number of rotatable bonds is 7. The molecule has 2 N–H and O–H groups in total. The van der Waals surface area contributed by atoms with Gasteiger partial charge < -0.3 is 15.2 Å². The van der Waals surface area contributed by atoms with Crippen molar-refractivity contribution in [3.05, 3.63) is 28.2 Å². The van der Waals surface area contributed by atoms with Gasteiger partial charge in [-0.2, -0.15) is 13.2 Å². The highest BCUT2D eigenvalue weighted by molar-refractivity contribution is 9.10. The number of alkyl halides is 3. The Morgan fingerprint density at radius 2 is 2.00 bits per heavy atom. The van der Waals surface area contributed by atoms with Crippen molar-refractivity contribution in [2.75, 3.05) is 31.7 Å². The van der Waals surface area contributed by atoms with E-state index in [0.717, 1.165) is 6.07 Å². The molecule has 0 aliphatic rings. The maximum atomic E-state index is 12.7. The average molecular weight is 342 g/mol. The van der Waals surface area contributed by atoms with Gasteiger partial charge in [-0.25, -0.2) is 0 Å². The molecule has 0 unspecified atom stereocenters. The Labute approximate surface area is 117 Å². The number of aliphatic hydroxyl groups excluding tert-OH is 1. The Hall–Kier alpha value is -0.790. The summed E-state index contributed by atoms with van der Waals surface area (Å²) in [7, 11) is 0. The van der Waals surface area contributed by atoms with Gasteiger partial charge in [0.1, 0.15) is 0 Å². The van der Waals surface area contributed by atoms with Crippen molar-refractivity contribution in [2.45, 2.75) is 12.6 Å². The van der Waals surface area contributed by atoms with Crippen LogP contribution in [0.3, 0.4) is 0 Å². The van der Waals surface area contributed by atoms with E-state index in [2.05, 4.69) is 21.2 Å². The zero-order valence-electron chi connectivity index (χ0n) is 10.1. The maximum absolute atomic E-state index is 12.7. The summed E-state index contributed by atoms with van der Waals surface area (Å²) >= 11 is 3.15. The molecule has 0 aliphatic heterocycles. The van der Waals surface area contributed by atoms with E-state index in [0.29, 0.717) is 24.0 Å². The lowest BCUT2D eigenvalue weighted by molar-refractivity contribution is -0.137. The molecule has 1 aromatic rings. The van der Waals surface area contributed by atoms with Gasteiger partial charge >= 0.3 is 6.18 Å². The average Bonchev–Trinajstić information content (AvgIpc) is 2.32. The van der Waals surface area contributed by atoms with E-state index in [1.807, 2.05) is 0 Å². The van der Waals surface area contributed by atoms with Crippen molar-refractivity contribution in [1.82, 2.24) is 0 Å². The van der Waals surface area contributed by atoms with Gasteiger partial charge in [0, 0.05) is 23.3 Å². The minimum atomic E-state index is -4.38. The molecular weight excluding hydrogens is 327 g/mol. The summed E-state index contributed by atoms with van der Waals surface area (Å²) in [6.07, 6.45) is -3.82. The van der Waals surface area contributed by atoms with E-state index in [9.17, 15) is 13.2 Å². The predicted molar refractivity (Wildman–Crippen MR) is 70.2 cm³/mol. The second-order valence-electron chi connectivity index (χ2n) is 3.80. The maximum Gasteiger partial charge on any atom is 0.418 e. The molecule has 7 heteroatoms. The van der Waals surface area contributed by atoms with Gasteiger partial charge in [-0.1, -0.05) is 15.9 Å². The molecule has 0 heterocycles. The van der Waals surface area contributed by atoms with Crippen LogP contribution in [-0.2, 0) is 10.9 Å². The molecule has 19 heavy (non-hydrogen) atoms. The van der Waals surface area contributed by atoms with E-state index < -0.39 is 11.7 Å². The first kappa shape index (κ1) is 16.3. The fraction of sp³-hybridized carbons (Fsp3) is 0.500. The zero-order valence-corrected chi connectivity index (χ0v) is 11.7. The van der Waals surface area contributed by atoms with E-state index in [1.54, 1.807) is 0 Å². The van der Waals surface area contributed by atoms with Crippen LogP contribution in [0, 0.1) is 0 Å². The fourth-order valence-electron chi connectivity index (χ4n) is 1.47. The van der Waals surface area contributed by atoms with Crippen LogP contribution in [0.25, 0.3) is 0 Å². The van der Waals surface area contributed by atoms with Crippen LogP contribution < -0.4 is 5.32 Å². The van der Waals surface area contributed by atoms with Crippen LogP contribution in [0.15, 0.2) is 22.7 Å². The first-order valence-electron chi connectivity index (χ1n) is 5.74. The van der Waals surface area contributed by atoms with Crippen molar-refractivity contribution in [3.63, 3.8) is 0 Å². The molecule has 0 aliphatic carbocycles. The summed E-state index contributed by atoms with van der Waals surface area (Å²) in [6, 6.07) is 3.80. The standard InChI is InChI=1S/C12H15BrF3NO2/c13-9-2-3-10(12(14,15)16)11(8-9)17-4-1-6-19-7-5-18/h2-3,8,17-18H,1,4-7H2. The Morgan fingerprint density at radius 3 is 2.63 bits per heavy atom. The summed E-state index contributed by atoms with van der Waals surface area (Å²) in [5.74, 6) is 0. The van der Waals surface area contributed by atoms with Crippen molar-refractivity contribution in [2.24, 2.45) is 0 Å². The molecule has 108 valence electrons. The molecule has 0 saturated heterocycles. The van der Waals surface area contributed by atoms with E-state index in [4.69, 9.17) is 9.84 Å². The van der Waals surface area contributed by atoms with Crippen LogP contribution in [0.2, 0.25) is 0 Å². The second-order valence-corrected chi connectivity index (χ2v) is 4.72. The smallest absolute Gasteiger partial charge is 0.394 e. The summed E-state index contributed by atoms with van der Waals surface area (Å²) < 4.78 is 43.8. The lowest BCUT2D eigenvalue weighted by Gasteiger charge is -2.15. The number of nitrogens with one attached hydrogen (secondary N) is 1. The molecule has 1 rings (SSSR count). The molecule has 0 atom stereocenters. The van der Waals surface area contributed by atoms with E-state index >= 15 is 0 Å². The molecule has 0 fully saturated rings. The molecule has 0 spiro atoms. The number of ether oxygens (including phenoxy) is 1. The predicted octanol–water partition coefficient (Wildman–Crippen LogP) is 3.28. The minimum absolute atomic E-state index is 0.0454. The normalized spacial score (nSPS) is 11.6. The highest BCUT2D eigenvalue weighted by atomic mass is 79.9. The Kier molecular flexibility index (Phi) is 6.60. The van der Waals surface area contributed by atoms with E-state index in [-0.39, 0.29) is 18.9 Å². The van der Waals surface area contributed by atoms with Crippen LogP contribution in [-0.4, -0.2) is 31.5 Å². The number of hydrogen-bond acceptors (Lipinski definition) is 3. The molecule has 0 bridgehead atoms. The number of aliphatic hydroxyl groups is 1. The van der Waals surface area contributed by atoms with Crippen molar-refractivity contribution < 1.29 is 23.0 Å². The molecule has 1 aromatic carbocycles. The second kappa shape index (κ2) is 7.72. The number of halogens is 4. The largest absolute Gasteiger partial charge is 0.418 e. The minimum Gasteiger partial charge on any atom is -0.394 e. The molecule has 0 amide bonds. The van der Waals surface area contributed by atoms with Crippen LogP contribution in [0.1, 0.15) is 12.0 Å². The molecule has 3 nitrogen and oxygen atoms in total. The lowest BCUT2D eigenvalue weighted by atomic mass is 10.1. The van der Waals surface area contributed by atoms with Crippen LogP contribution >= 0.6 is 15.9 Å². The Morgan fingerprint density at radius 1 is 1.26 bits per heavy atom. The SMILES string of the molecule is OCCOCCCNc1cc(Br)ccc1C(F)(F)F. The molecule has 0 aromatic heterocycles. The van der Waals surface area contributed by atoms with Crippen LogP contribution in [0.5, 0.6) is 0 Å². The monoisotopic (exact) mass is 341 g/mol. The fourth-order valence-corrected chi connectivity index (χ4v) is 1.83. The number of anilines is 1. The quantitative estimate of drug-likeness (QED) is 0.748. The highest BCUT2D eigenvalue weighted by Gasteiger charge is 2.33. The Bertz CT molecular complexity index is 399. The lowest BCUT2D eigenvalue weighted by Crippen LogP contribution is -2.13. The molecule has 0 radical (unpaired) electrons. The van der Waals surface area contributed by atoms with Crippen LogP contribution in [0.4, 0.5) is 18.9 Å².